The molecule has 22 heavy (non-hydrogen) atoms. The molecule has 0 unspecified atom stereocenters. The fourth-order valence-corrected chi connectivity index (χ4v) is 2.07. The molecule has 0 aliphatic rings. The van der Waals surface area contributed by atoms with E-state index in [1.165, 1.54) is 0 Å². The van der Waals surface area contributed by atoms with Gasteiger partial charge >= 0.3 is 0 Å². The van der Waals surface area contributed by atoms with Gasteiger partial charge in [-0.05, 0) is 24.6 Å². The van der Waals surface area contributed by atoms with Gasteiger partial charge in [0.15, 0.2) is 0 Å². The number of nitrogens with one attached hydrogen (secondary N) is 1. The summed E-state index contributed by atoms with van der Waals surface area (Å²) < 4.78 is 0. The van der Waals surface area contributed by atoms with E-state index < -0.39 is 0 Å². The van der Waals surface area contributed by atoms with Crippen LogP contribution in [0, 0.1) is 0 Å². The first-order valence-corrected chi connectivity index (χ1v) is 7.62. The maximum atomic E-state index is 12.1. The number of benzene rings is 1. The predicted molar refractivity (Wildman–Crippen MR) is 88.4 cm³/mol. The van der Waals surface area contributed by atoms with Crippen LogP contribution in [0.2, 0.25) is 0 Å². The van der Waals surface area contributed by atoms with E-state index in [0.29, 0.717) is 18.2 Å². The summed E-state index contributed by atoms with van der Waals surface area (Å²) in [5, 5.41) is 2.89. The van der Waals surface area contributed by atoms with E-state index in [1.54, 1.807) is 12.3 Å². The van der Waals surface area contributed by atoms with Crippen LogP contribution in [0.1, 0.15) is 36.7 Å². The summed E-state index contributed by atoms with van der Waals surface area (Å²) in [7, 11) is 1.88. The van der Waals surface area contributed by atoms with Crippen molar-refractivity contribution in [2.75, 3.05) is 18.5 Å². The lowest BCUT2D eigenvalue weighted by atomic mass is 10.2. The lowest BCUT2D eigenvalue weighted by Gasteiger charge is -2.17. The van der Waals surface area contributed by atoms with E-state index in [0.717, 1.165) is 24.9 Å². The summed E-state index contributed by atoms with van der Waals surface area (Å²) in [5.41, 5.74) is 1.37. The smallest absolute Gasteiger partial charge is 0.270 e. The van der Waals surface area contributed by atoms with Crippen molar-refractivity contribution in [1.82, 2.24) is 15.3 Å². The fraction of sp³-hybridized carbons (Fsp3) is 0.353. The Labute approximate surface area is 131 Å². The zero-order chi connectivity index (χ0) is 15.8. The van der Waals surface area contributed by atoms with Gasteiger partial charge in [0.2, 0.25) is 5.95 Å². The Kier molecular flexibility index (Phi) is 5.89. The highest BCUT2D eigenvalue weighted by Crippen LogP contribution is 2.18. The first-order chi connectivity index (χ1) is 10.7. The molecule has 1 aromatic heterocycles. The average Bonchev–Trinajstić information content (AvgIpc) is 2.59. The Morgan fingerprint density at radius 3 is 2.68 bits per heavy atom. The van der Waals surface area contributed by atoms with Gasteiger partial charge in [-0.15, -0.1) is 0 Å². The molecule has 0 fully saturated rings. The number of unbranched alkanes of at least 4 members (excludes halogenated alkanes) is 2. The summed E-state index contributed by atoms with van der Waals surface area (Å²) in [4.78, 5) is 22.5. The van der Waals surface area contributed by atoms with Crippen LogP contribution in [0.5, 0.6) is 0 Å². The third-order valence-electron chi connectivity index (χ3n) is 3.38. The number of anilines is 2. The van der Waals surface area contributed by atoms with Crippen molar-refractivity contribution in [3.63, 3.8) is 0 Å². The van der Waals surface area contributed by atoms with Gasteiger partial charge in [0.05, 0.1) is 0 Å². The van der Waals surface area contributed by atoms with E-state index in [9.17, 15) is 4.79 Å². The normalized spacial score (nSPS) is 10.3. The number of aromatic nitrogens is 2. The van der Waals surface area contributed by atoms with Crippen molar-refractivity contribution in [1.29, 1.82) is 0 Å². The van der Waals surface area contributed by atoms with Crippen LogP contribution in [0.4, 0.5) is 11.6 Å². The Bertz CT molecular complexity index is 601. The fourth-order valence-electron chi connectivity index (χ4n) is 2.07. The SMILES string of the molecule is CCCCCNC(=O)c1ccnc(N(C)c2ccccc2)n1. The Balaban J connectivity index is 2.05. The number of amides is 1. The molecule has 0 bridgehead atoms. The van der Waals surface area contributed by atoms with Crippen molar-refractivity contribution >= 4 is 17.5 Å². The third-order valence-corrected chi connectivity index (χ3v) is 3.38. The van der Waals surface area contributed by atoms with Crippen molar-refractivity contribution < 1.29 is 4.79 Å². The standard InChI is InChI=1S/C17H22N4O/c1-3-4-8-12-18-16(22)15-11-13-19-17(20-15)21(2)14-9-6-5-7-10-14/h5-7,9-11,13H,3-4,8,12H2,1-2H3,(H,18,22). The van der Waals surface area contributed by atoms with Crippen LogP contribution in [-0.2, 0) is 0 Å². The van der Waals surface area contributed by atoms with Gasteiger partial charge in [-0.25, -0.2) is 9.97 Å². The van der Waals surface area contributed by atoms with Gasteiger partial charge in [-0.3, -0.25) is 4.79 Å². The minimum absolute atomic E-state index is 0.152. The molecule has 0 aliphatic carbocycles. The second kappa shape index (κ2) is 8.12. The van der Waals surface area contributed by atoms with E-state index in [1.807, 2.05) is 42.3 Å². The van der Waals surface area contributed by atoms with Crippen molar-refractivity contribution in [2.24, 2.45) is 0 Å². The minimum atomic E-state index is -0.152. The summed E-state index contributed by atoms with van der Waals surface area (Å²) in [5.74, 6) is 0.355. The van der Waals surface area contributed by atoms with Crippen LogP contribution in [0.25, 0.3) is 0 Å². The number of hydrogen-bond acceptors (Lipinski definition) is 4. The molecule has 5 nitrogen and oxygen atoms in total. The zero-order valence-electron chi connectivity index (χ0n) is 13.1. The molecule has 0 saturated heterocycles. The van der Waals surface area contributed by atoms with Crippen LogP contribution >= 0.6 is 0 Å². The van der Waals surface area contributed by atoms with Gasteiger partial charge in [-0.1, -0.05) is 38.0 Å². The highest BCUT2D eigenvalue weighted by molar-refractivity contribution is 5.92. The van der Waals surface area contributed by atoms with Gasteiger partial charge in [0.25, 0.3) is 5.91 Å². The molecule has 1 heterocycles. The lowest BCUT2D eigenvalue weighted by Crippen LogP contribution is -2.26. The van der Waals surface area contributed by atoms with Crippen molar-refractivity contribution in [3.05, 3.63) is 48.3 Å². The number of carbonyl (C=O) groups excluding carboxylic acids is 1. The third kappa shape index (κ3) is 4.28. The number of hydrogen-bond donors (Lipinski definition) is 1. The number of para-hydroxylation sites is 1. The maximum absolute atomic E-state index is 12.1. The molecular formula is C17H22N4O. The molecule has 1 aromatic carbocycles. The molecule has 5 heteroatoms. The van der Waals surface area contributed by atoms with E-state index in [2.05, 4.69) is 22.2 Å². The molecule has 2 rings (SSSR count). The molecule has 116 valence electrons. The summed E-state index contributed by atoms with van der Waals surface area (Å²) in [6.07, 6.45) is 4.86. The predicted octanol–water partition coefficient (Wildman–Crippen LogP) is 3.16. The van der Waals surface area contributed by atoms with Crippen LogP contribution in [-0.4, -0.2) is 29.5 Å². The van der Waals surface area contributed by atoms with Gasteiger partial charge in [0, 0.05) is 25.5 Å². The number of rotatable bonds is 7. The topological polar surface area (TPSA) is 58.1 Å². The second-order valence-electron chi connectivity index (χ2n) is 5.10. The van der Waals surface area contributed by atoms with E-state index >= 15 is 0 Å². The number of carbonyl (C=O) groups is 1. The minimum Gasteiger partial charge on any atom is -0.351 e. The van der Waals surface area contributed by atoms with Gasteiger partial charge in [0.1, 0.15) is 5.69 Å². The second-order valence-corrected chi connectivity index (χ2v) is 5.10. The molecule has 2 aromatic rings. The Hall–Kier alpha value is -2.43. The molecule has 0 saturated carbocycles. The number of nitrogens with zero attached hydrogens (tertiary/aromatic N) is 3. The Morgan fingerprint density at radius 2 is 1.95 bits per heavy atom. The summed E-state index contributed by atoms with van der Waals surface area (Å²) in [6, 6.07) is 11.4. The monoisotopic (exact) mass is 298 g/mol. The summed E-state index contributed by atoms with van der Waals surface area (Å²) in [6.45, 7) is 2.82. The molecule has 0 spiro atoms. The first-order valence-electron chi connectivity index (χ1n) is 7.62. The lowest BCUT2D eigenvalue weighted by molar-refractivity contribution is 0.0948. The van der Waals surface area contributed by atoms with E-state index in [-0.39, 0.29) is 5.91 Å². The quantitative estimate of drug-likeness (QED) is 0.798. The molecule has 1 amide bonds. The summed E-state index contributed by atoms with van der Waals surface area (Å²) >= 11 is 0. The van der Waals surface area contributed by atoms with Crippen LogP contribution < -0.4 is 10.2 Å². The van der Waals surface area contributed by atoms with Crippen molar-refractivity contribution in [3.8, 4) is 0 Å². The highest BCUT2D eigenvalue weighted by atomic mass is 16.1. The first kappa shape index (κ1) is 15.9. The maximum Gasteiger partial charge on any atom is 0.270 e. The van der Waals surface area contributed by atoms with Crippen LogP contribution in [0.15, 0.2) is 42.6 Å². The largest absolute Gasteiger partial charge is 0.351 e. The van der Waals surface area contributed by atoms with E-state index in [4.69, 9.17) is 0 Å². The van der Waals surface area contributed by atoms with Crippen molar-refractivity contribution in [2.45, 2.75) is 26.2 Å². The molecule has 0 aliphatic heterocycles. The zero-order valence-corrected chi connectivity index (χ0v) is 13.1. The van der Waals surface area contributed by atoms with Gasteiger partial charge < -0.3 is 10.2 Å². The van der Waals surface area contributed by atoms with Crippen LogP contribution in [0.3, 0.4) is 0 Å². The average molecular weight is 298 g/mol. The highest BCUT2D eigenvalue weighted by Gasteiger charge is 2.11. The Morgan fingerprint density at radius 1 is 1.18 bits per heavy atom. The van der Waals surface area contributed by atoms with Gasteiger partial charge in [-0.2, -0.15) is 0 Å². The molecular weight excluding hydrogens is 276 g/mol. The molecule has 1 N–H and O–H groups in total. The molecule has 0 radical (unpaired) electrons. The molecule has 0 atom stereocenters.